The minimum atomic E-state index is -0.153. The third kappa shape index (κ3) is 3.23. The predicted octanol–water partition coefficient (Wildman–Crippen LogP) is -9.46. The van der Waals surface area contributed by atoms with Gasteiger partial charge in [-0.25, -0.2) is 0 Å². The molecule has 2 atom stereocenters. The predicted molar refractivity (Wildman–Crippen MR) is 24.3 cm³/mol. The molecule has 0 aromatic rings. The average Bonchev–Trinajstić information content (AvgIpc) is 1.91. The highest BCUT2D eigenvalue weighted by Crippen LogP contribution is 1.83. The van der Waals surface area contributed by atoms with Gasteiger partial charge >= 0.3 is 0 Å². The van der Waals surface area contributed by atoms with Gasteiger partial charge in [0.25, 0.3) is 0 Å². The molecule has 0 bridgehead atoms. The maximum atomic E-state index is 8.90. The standard InChI is InChI=1S/C4H10N2O.2ClH/c5-3-1-6-2-4(3)7;;/h3-4,6-7H,1-2,5H2;2*1H/t3-,4+;;/m1../s1. The molecule has 1 heterocycles. The molecule has 1 rings (SSSR count). The molecule has 0 aromatic heterocycles. The summed E-state index contributed by atoms with van der Waals surface area (Å²) in [5, 5.41) is 11.0. The molecule has 1 fully saturated rings. The number of rotatable bonds is 0. The zero-order valence-electron chi connectivity index (χ0n) is 5.06. The zero-order valence-corrected chi connectivity index (χ0v) is 6.57. The molecule has 0 spiro atoms. The van der Waals surface area contributed by atoms with E-state index in [1.807, 2.05) is 0 Å². The Morgan fingerprint density at radius 2 is 1.89 bits per heavy atom. The number of aliphatic hydroxyl groups is 1. The SMILES string of the molecule is [Cl-].[Cl-].[NH3+][C@@H]1C[NH2+]C[C@@H]1O. The summed E-state index contributed by atoms with van der Waals surface area (Å²) in [6.07, 6.45) is -0.153. The van der Waals surface area contributed by atoms with Crippen molar-refractivity contribution in [3.8, 4) is 0 Å². The van der Waals surface area contributed by atoms with Crippen LogP contribution in [0.5, 0.6) is 0 Å². The van der Waals surface area contributed by atoms with Crippen molar-refractivity contribution < 1.29 is 41.0 Å². The minimum absolute atomic E-state index is 0. The van der Waals surface area contributed by atoms with Crippen LogP contribution in [0.1, 0.15) is 0 Å². The van der Waals surface area contributed by atoms with Crippen LogP contribution in [-0.2, 0) is 0 Å². The molecule has 9 heavy (non-hydrogen) atoms. The fourth-order valence-corrected chi connectivity index (χ4v) is 0.831. The first-order chi connectivity index (χ1) is 3.30. The Balaban J connectivity index is 0. The lowest BCUT2D eigenvalue weighted by Gasteiger charge is -1.95. The fraction of sp³-hybridized carbons (Fsp3) is 1.00. The van der Waals surface area contributed by atoms with Crippen LogP contribution in [0, 0.1) is 0 Å². The van der Waals surface area contributed by atoms with E-state index < -0.39 is 0 Å². The van der Waals surface area contributed by atoms with Crippen LogP contribution in [0.4, 0.5) is 0 Å². The second kappa shape index (κ2) is 5.26. The molecule has 0 radical (unpaired) electrons. The lowest BCUT2D eigenvalue weighted by molar-refractivity contribution is -0.649. The summed E-state index contributed by atoms with van der Waals surface area (Å²) in [7, 11) is 0. The average molecular weight is 175 g/mol. The highest BCUT2D eigenvalue weighted by Gasteiger charge is 2.27. The Labute approximate surface area is 66.8 Å². The molecule has 58 valence electrons. The molecule has 6 N–H and O–H groups in total. The Bertz CT molecular complexity index is 65.6. The molecule has 0 saturated carbocycles. The maximum Gasteiger partial charge on any atom is 0.166 e. The molecule has 0 aliphatic carbocycles. The van der Waals surface area contributed by atoms with E-state index in [1.54, 1.807) is 0 Å². The van der Waals surface area contributed by atoms with Crippen LogP contribution in [0.15, 0.2) is 0 Å². The Morgan fingerprint density at radius 3 is 2.00 bits per heavy atom. The van der Waals surface area contributed by atoms with Gasteiger partial charge in [-0.15, -0.1) is 0 Å². The van der Waals surface area contributed by atoms with Crippen molar-refractivity contribution in [2.24, 2.45) is 0 Å². The molecule has 0 aromatic carbocycles. The summed E-state index contributed by atoms with van der Waals surface area (Å²) < 4.78 is 0. The largest absolute Gasteiger partial charge is 1.00 e. The Hall–Kier alpha value is 0.460. The number of aliphatic hydroxyl groups excluding tert-OH is 1. The van der Waals surface area contributed by atoms with Crippen molar-refractivity contribution in [3.05, 3.63) is 0 Å². The smallest absolute Gasteiger partial charge is 0.166 e. The highest BCUT2D eigenvalue weighted by molar-refractivity contribution is 4.65. The normalized spacial score (nSPS) is 32.7. The summed E-state index contributed by atoms with van der Waals surface area (Å²) in [5.41, 5.74) is 3.74. The van der Waals surface area contributed by atoms with Gasteiger partial charge in [0, 0.05) is 0 Å². The molecule has 0 amide bonds. The summed E-state index contributed by atoms with van der Waals surface area (Å²) in [6, 6.07) is 0.264. The first-order valence-corrected chi connectivity index (χ1v) is 2.63. The first-order valence-electron chi connectivity index (χ1n) is 2.63. The molecular weight excluding hydrogens is 163 g/mol. The van der Waals surface area contributed by atoms with Gasteiger partial charge in [-0.1, -0.05) is 0 Å². The second-order valence-corrected chi connectivity index (χ2v) is 2.09. The van der Waals surface area contributed by atoms with Gasteiger partial charge in [0.2, 0.25) is 0 Å². The van der Waals surface area contributed by atoms with Crippen LogP contribution >= 0.6 is 0 Å². The van der Waals surface area contributed by atoms with Crippen LogP contribution < -0.4 is 35.9 Å². The van der Waals surface area contributed by atoms with Crippen LogP contribution in [0.3, 0.4) is 0 Å². The van der Waals surface area contributed by atoms with Gasteiger partial charge in [0.15, 0.2) is 12.1 Å². The molecule has 3 nitrogen and oxygen atoms in total. The van der Waals surface area contributed by atoms with Crippen molar-refractivity contribution in [2.75, 3.05) is 13.1 Å². The number of halogens is 2. The lowest BCUT2D eigenvalue weighted by atomic mass is 10.2. The van der Waals surface area contributed by atoms with Crippen molar-refractivity contribution in [1.82, 2.24) is 0 Å². The van der Waals surface area contributed by atoms with Crippen molar-refractivity contribution >= 4 is 0 Å². The number of hydrogen-bond acceptors (Lipinski definition) is 1. The third-order valence-corrected chi connectivity index (χ3v) is 1.42. The number of nitrogens with two attached hydrogens (primary N) is 1. The summed E-state index contributed by atoms with van der Waals surface area (Å²) in [5.74, 6) is 0. The van der Waals surface area contributed by atoms with Crippen LogP contribution in [0.25, 0.3) is 0 Å². The van der Waals surface area contributed by atoms with Gasteiger partial charge in [-0.05, 0) is 0 Å². The van der Waals surface area contributed by atoms with E-state index in [0.717, 1.165) is 13.1 Å². The van der Waals surface area contributed by atoms with Gasteiger partial charge < -0.3 is 41.0 Å². The minimum Gasteiger partial charge on any atom is -1.00 e. The summed E-state index contributed by atoms with van der Waals surface area (Å²) in [4.78, 5) is 0. The molecule has 1 aliphatic heterocycles. The Kier molecular flexibility index (Phi) is 7.11. The van der Waals surface area contributed by atoms with Crippen molar-refractivity contribution in [1.29, 1.82) is 0 Å². The molecule has 0 unspecified atom stereocenters. The monoisotopic (exact) mass is 174 g/mol. The summed E-state index contributed by atoms with van der Waals surface area (Å²) in [6.45, 7) is 1.83. The molecule has 1 saturated heterocycles. The van der Waals surface area contributed by atoms with Crippen molar-refractivity contribution in [3.63, 3.8) is 0 Å². The van der Waals surface area contributed by atoms with Gasteiger partial charge in [0.05, 0.1) is 0 Å². The molecule has 1 aliphatic rings. The highest BCUT2D eigenvalue weighted by atomic mass is 35.5. The Morgan fingerprint density at radius 1 is 1.33 bits per heavy atom. The molecule has 5 heteroatoms. The number of quaternary nitrogens is 2. The number of hydrogen-bond donors (Lipinski definition) is 3. The maximum absolute atomic E-state index is 8.90. The van der Waals surface area contributed by atoms with Gasteiger partial charge in [-0.2, -0.15) is 0 Å². The van der Waals surface area contributed by atoms with Crippen LogP contribution in [0.2, 0.25) is 0 Å². The van der Waals surface area contributed by atoms with E-state index in [0.29, 0.717) is 0 Å². The van der Waals surface area contributed by atoms with E-state index in [-0.39, 0.29) is 37.0 Å². The van der Waals surface area contributed by atoms with Gasteiger partial charge in [0.1, 0.15) is 13.1 Å². The van der Waals surface area contributed by atoms with Crippen molar-refractivity contribution in [2.45, 2.75) is 12.1 Å². The second-order valence-electron chi connectivity index (χ2n) is 2.09. The van der Waals surface area contributed by atoms with Crippen LogP contribution in [-0.4, -0.2) is 30.3 Å². The van der Waals surface area contributed by atoms with E-state index in [4.69, 9.17) is 5.11 Å². The quantitative estimate of drug-likeness (QED) is 0.336. The summed E-state index contributed by atoms with van der Waals surface area (Å²) >= 11 is 0. The van der Waals surface area contributed by atoms with E-state index in [2.05, 4.69) is 11.1 Å². The first kappa shape index (κ1) is 12.2. The topological polar surface area (TPSA) is 64.5 Å². The third-order valence-electron chi connectivity index (χ3n) is 1.42. The van der Waals surface area contributed by atoms with E-state index in [1.165, 1.54) is 0 Å². The van der Waals surface area contributed by atoms with E-state index in [9.17, 15) is 0 Å². The fourth-order valence-electron chi connectivity index (χ4n) is 0.831. The lowest BCUT2D eigenvalue weighted by Crippen LogP contribution is -3.00. The van der Waals surface area contributed by atoms with E-state index >= 15 is 0 Å². The van der Waals surface area contributed by atoms with Gasteiger partial charge in [-0.3, -0.25) is 0 Å². The molecular formula is C4H12Cl2N2O. The zero-order chi connectivity index (χ0) is 5.28.